The molecule has 0 bridgehead atoms. The van der Waals surface area contributed by atoms with E-state index in [-0.39, 0.29) is 30.6 Å². The average molecular weight is 360 g/mol. The first-order chi connectivity index (χ1) is 12.4. The fourth-order valence-electron chi connectivity index (χ4n) is 4.48. The molecule has 1 saturated heterocycles. The van der Waals surface area contributed by atoms with E-state index in [0.29, 0.717) is 18.7 Å². The van der Waals surface area contributed by atoms with Crippen LogP contribution in [0.15, 0.2) is 6.07 Å². The minimum absolute atomic E-state index is 0.135. The number of ketones is 1. The van der Waals surface area contributed by atoms with Gasteiger partial charge in [0.2, 0.25) is 11.8 Å². The summed E-state index contributed by atoms with van der Waals surface area (Å²) in [6.45, 7) is 4.94. The second-order valence-electron chi connectivity index (χ2n) is 7.66. The zero-order valence-corrected chi connectivity index (χ0v) is 16.0. The SMILES string of the molecule is COCCn1c(C)cc(C(=O)CN2C(=O)CC3(CCCCC3)C2=O)c1C. The van der Waals surface area contributed by atoms with E-state index in [2.05, 4.69) is 0 Å². The maximum absolute atomic E-state index is 12.9. The van der Waals surface area contributed by atoms with Gasteiger partial charge in [-0.25, -0.2) is 0 Å². The first kappa shape index (κ1) is 18.8. The number of Topliss-reactive ketones (excluding diaryl/α,β-unsaturated/α-hetero) is 1. The van der Waals surface area contributed by atoms with E-state index >= 15 is 0 Å². The van der Waals surface area contributed by atoms with E-state index in [4.69, 9.17) is 4.74 Å². The Hall–Kier alpha value is -1.95. The molecule has 1 aromatic rings. The van der Waals surface area contributed by atoms with Crippen LogP contribution >= 0.6 is 0 Å². The van der Waals surface area contributed by atoms with Crippen molar-refractivity contribution in [3.8, 4) is 0 Å². The maximum atomic E-state index is 12.9. The van der Waals surface area contributed by atoms with E-state index in [0.717, 1.165) is 43.5 Å². The summed E-state index contributed by atoms with van der Waals surface area (Å²) in [7, 11) is 1.64. The van der Waals surface area contributed by atoms with Crippen LogP contribution in [0.1, 0.15) is 60.3 Å². The number of rotatable bonds is 6. The zero-order valence-electron chi connectivity index (χ0n) is 16.0. The molecule has 142 valence electrons. The Labute approximate surface area is 154 Å². The van der Waals surface area contributed by atoms with Crippen LogP contribution in [0.4, 0.5) is 0 Å². The molecule has 26 heavy (non-hydrogen) atoms. The average Bonchev–Trinajstić information content (AvgIpc) is 3.02. The van der Waals surface area contributed by atoms with Gasteiger partial charge in [-0.05, 0) is 32.8 Å². The van der Waals surface area contributed by atoms with Gasteiger partial charge in [-0.15, -0.1) is 0 Å². The largest absolute Gasteiger partial charge is 0.383 e. The molecule has 3 rings (SSSR count). The third kappa shape index (κ3) is 3.22. The van der Waals surface area contributed by atoms with Crippen LogP contribution < -0.4 is 0 Å². The number of ether oxygens (including phenoxy) is 1. The van der Waals surface area contributed by atoms with Gasteiger partial charge >= 0.3 is 0 Å². The number of aryl methyl sites for hydroxylation is 1. The van der Waals surface area contributed by atoms with Gasteiger partial charge in [-0.3, -0.25) is 19.3 Å². The third-order valence-corrected chi connectivity index (χ3v) is 5.99. The number of carbonyl (C=O) groups excluding carboxylic acids is 3. The lowest BCUT2D eigenvalue weighted by Gasteiger charge is -2.30. The molecule has 0 atom stereocenters. The number of aromatic nitrogens is 1. The van der Waals surface area contributed by atoms with Crippen molar-refractivity contribution in [3.63, 3.8) is 0 Å². The molecule has 1 aromatic heterocycles. The summed E-state index contributed by atoms with van der Waals surface area (Å²) in [5.74, 6) is -0.501. The Bertz CT molecular complexity index is 728. The predicted molar refractivity (Wildman–Crippen MR) is 97.0 cm³/mol. The Balaban J connectivity index is 1.76. The van der Waals surface area contributed by atoms with E-state index in [9.17, 15) is 14.4 Å². The van der Waals surface area contributed by atoms with Crippen molar-refractivity contribution in [1.82, 2.24) is 9.47 Å². The summed E-state index contributed by atoms with van der Waals surface area (Å²) in [4.78, 5) is 39.4. The molecule has 0 aromatic carbocycles. The lowest BCUT2D eigenvalue weighted by molar-refractivity contribution is -0.141. The molecule has 2 heterocycles. The first-order valence-electron chi connectivity index (χ1n) is 9.43. The second kappa shape index (κ2) is 7.35. The van der Waals surface area contributed by atoms with Gasteiger partial charge < -0.3 is 9.30 Å². The summed E-state index contributed by atoms with van der Waals surface area (Å²) < 4.78 is 7.16. The molecular weight excluding hydrogens is 332 g/mol. The van der Waals surface area contributed by atoms with Crippen molar-refractivity contribution in [3.05, 3.63) is 23.0 Å². The molecule has 6 heteroatoms. The smallest absolute Gasteiger partial charge is 0.236 e. The summed E-state index contributed by atoms with van der Waals surface area (Å²) in [6, 6.07) is 1.84. The molecule has 6 nitrogen and oxygen atoms in total. The zero-order chi connectivity index (χ0) is 18.9. The van der Waals surface area contributed by atoms with Crippen molar-refractivity contribution >= 4 is 17.6 Å². The van der Waals surface area contributed by atoms with Gasteiger partial charge in [0.15, 0.2) is 5.78 Å². The summed E-state index contributed by atoms with van der Waals surface area (Å²) >= 11 is 0. The van der Waals surface area contributed by atoms with E-state index in [1.54, 1.807) is 7.11 Å². The number of likely N-dealkylation sites (tertiary alicyclic amines) is 1. The molecule has 1 saturated carbocycles. The summed E-state index contributed by atoms with van der Waals surface area (Å²) in [6.07, 6.45) is 4.91. The molecule has 1 aliphatic heterocycles. The Kier molecular flexibility index (Phi) is 5.32. The number of methoxy groups -OCH3 is 1. The van der Waals surface area contributed by atoms with Crippen LogP contribution in [-0.4, -0.2) is 47.3 Å². The summed E-state index contributed by atoms with van der Waals surface area (Å²) in [5.41, 5.74) is 1.89. The van der Waals surface area contributed by atoms with Gasteiger partial charge in [0.25, 0.3) is 0 Å². The maximum Gasteiger partial charge on any atom is 0.236 e. The van der Waals surface area contributed by atoms with E-state index < -0.39 is 5.41 Å². The molecule has 2 amide bonds. The van der Waals surface area contributed by atoms with Gasteiger partial charge in [-0.2, -0.15) is 0 Å². The van der Waals surface area contributed by atoms with Crippen LogP contribution in [-0.2, 0) is 20.9 Å². The van der Waals surface area contributed by atoms with Crippen LogP contribution in [0.3, 0.4) is 0 Å². The van der Waals surface area contributed by atoms with Crippen LogP contribution in [0, 0.1) is 19.3 Å². The molecule has 0 radical (unpaired) electrons. The quantitative estimate of drug-likeness (QED) is 0.578. The lowest BCUT2D eigenvalue weighted by atomic mass is 9.73. The van der Waals surface area contributed by atoms with Crippen LogP contribution in [0.25, 0.3) is 0 Å². The molecule has 1 aliphatic carbocycles. The standard InChI is InChI=1S/C20H28N2O4/c1-14-11-16(15(2)21(14)9-10-26-3)17(23)13-22-18(24)12-20(19(22)25)7-5-4-6-8-20/h11H,4-10,12-13H2,1-3H3. The van der Waals surface area contributed by atoms with Crippen molar-refractivity contribution in [2.75, 3.05) is 20.3 Å². The molecule has 0 unspecified atom stereocenters. The van der Waals surface area contributed by atoms with Gasteiger partial charge in [0.1, 0.15) is 0 Å². The van der Waals surface area contributed by atoms with Crippen molar-refractivity contribution in [1.29, 1.82) is 0 Å². The molecule has 0 N–H and O–H groups in total. The van der Waals surface area contributed by atoms with Gasteiger partial charge in [-0.1, -0.05) is 19.3 Å². The highest BCUT2D eigenvalue weighted by Gasteiger charge is 2.51. The normalized spacial score (nSPS) is 19.6. The molecule has 2 aliphatic rings. The Morgan fingerprint density at radius 3 is 2.54 bits per heavy atom. The van der Waals surface area contributed by atoms with Crippen molar-refractivity contribution < 1.29 is 19.1 Å². The van der Waals surface area contributed by atoms with E-state index in [1.165, 1.54) is 4.90 Å². The van der Waals surface area contributed by atoms with Crippen LogP contribution in [0.2, 0.25) is 0 Å². The van der Waals surface area contributed by atoms with Gasteiger partial charge in [0, 0.05) is 37.0 Å². The second-order valence-corrected chi connectivity index (χ2v) is 7.66. The number of nitrogens with zero attached hydrogens (tertiary/aromatic N) is 2. The number of hydrogen-bond donors (Lipinski definition) is 0. The Morgan fingerprint density at radius 1 is 1.19 bits per heavy atom. The third-order valence-electron chi connectivity index (χ3n) is 5.99. The topological polar surface area (TPSA) is 68.6 Å². The highest BCUT2D eigenvalue weighted by atomic mass is 16.5. The highest BCUT2D eigenvalue weighted by molar-refractivity contribution is 6.10. The van der Waals surface area contributed by atoms with Crippen molar-refractivity contribution in [2.24, 2.45) is 5.41 Å². The monoisotopic (exact) mass is 360 g/mol. The first-order valence-corrected chi connectivity index (χ1v) is 9.43. The number of carbonyl (C=O) groups is 3. The molecular formula is C20H28N2O4. The van der Waals surface area contributed by atoms with E-state index in [1.807, 2.05) is 24.5 Å². The Morgan fingerprint density at radius 2 is 1.88 bits per heavy atom. The fraction of sp³-hybridized carbons (Fsp3) is 0.650. The minimum atomic E-state index is -0.537. The predicted octanol–water partition coefficient (Wildman–Crippen LogP) is 2.64. The van der Waals surface area contributed by atoms with Crippen LogP contribution in [0.5, 0.6) is 0 Å². The number of hydrogen-bond acceptors (Lipinski definition) is 4. The highest BCUT2D eigenvalue weighted by Crippen LogP contribution is 2.45. The van der Waals surface area contributed by atoms with Gasteiger partial charge in [0.05, 0.1) is 18.6 Å². The summed E-state index contributed by atoms with van der Waals surface area (Å²) in [5, 5.41) is 0. The molecule has 1 spiro atoms. The molecule has 2 fully saturated rings. The fourth-order valence-corrected chi connectivity index (χ4v) is 4.48. The lowest BCUT2D eigenvalue weighted by Crippen LogP contribution is -2.39. The van der Waals surface area contributed by atoms with Crippen molar-refractivity contribution in [2.45, 2.75) is 58.9 Å². The minimum Gasteiger partial charge on any atom is -0.383 e. The number of amides is 2. The number of imide groups is 1.